The number of pyridine rings is 1. The minimum absolute atomic E-state index is 0.146. The van der Waals surface area contributed by atoms with Crippen molar-refractivity contribution in [1.82, 2.24) is 9.88 Å². The Kier molecular flexibility index (Phi) is 5.26. The lowest BCUT2D eigenvalue weighted by Gasteiger charge is -2.36. The maximum absolute atomic E-state index is 9.76. The van der Waals surface area contributed by atoms with Crippen LogP contribution in [0.1, 0.15) is 36.8 Å². The van der Waals surface area contributed by atoms with E-state index in [1.54, 1.807) is 12.3 Å². The molecule has 1 heterocycles. The van der Waals surface area contributed by atoms with E-state index in [9.17, 15) is 10.2 Å². The van der Waals surface area contributed by atoms with Crippen LogP contribution in [0.5, 0.6) is 5.75 Å². The summed E-state index contributed by atoms with van der Waals surface area (Å²) in [5, 5.41) is 19.5. The quantitative estimate of drug-likeness (QED) is 0.891. The molecule has 122 valence electrons. The monoisotopic (exact) mass is 312 g/mol. The van der Waals surface area contributed by atoms with Crippen molar-refractivity contribution < 1.29 is 10.2 Å². The molecule has 0 bridgehead atoms. The minimum Gasteiger partial charge on any atom is -0.508 e. The molecule has 0 atom stereocenters. The zero-order chi connectivity index (χ0) is 16.1. The van der Waals surface area contributed by atoms with Gasteiger partial charge in [-0.1, -0.05) is 18.2 Å². The number of hydrogen-bond donors (Lipinski definition) is 2. The number of aliphatic hydroxyl groups excluding tert-OH is 1. The molecule has 1 fully saturated rings. The summed E-state index contributed by atoms with van der Waals surface area (Å²) in [5.74, 6) is 0.308. The summed E-state index contributed by atoms with van der Waals surface area (Å²) in [4.78, 5) is 6.65. The normalized spacial score (nSPS) is 21.5. The van der Waals surface area contributed by atoms with E-state index in [1.807, 2.05) is 30.5 Å². The molecular formula is C19H24N2O2. The Hall–Kier alpha value is -1.91. The summed E-state index contributed by atoms with van der Waals surface area (Å²) in [7, 11) is 0. The molecule has 1 saturated carbocycles. The van der Waals surface area contributed by atoms with Gasteiger partial charge in [-0.3, -0.25) is 9.88 Å². The van der Waals surface area contributed by atoms with Gasteiger partial charge >= 0.3 is 0 Å². The van der Waals surface area contributed by atoms with E-state index in [1.165, 1.54) is 5.56 Å². The molecule has 1 aliphatic carbocycles. The molecule has 2 aromatic rings. The number of aliphatic hydroxyl groups is 1. The summed E-state index contributed by atoms with van der Waals surface area (Å²) in [6.07, 6.45) is 7.32. The molecule has 0 radical (unpaired) electrons. The summed E-state index contributed by atoms with van der Waals surface area (Å²) in [5.41, 5.74) is 2.30. The highest BCUT2D eigenvalue weighted by Gasteiger charge is 2.25. The number of benzene rings is 1. The fourth-order valence-corrected chi connectivity index (χ4v) is 3.35. The highest BCUT2D eigenvalue weighted by Crippen LogP contribution is 2.26. The van der Waals surface area contributed by atoms with Crippen molar-refractivity contribution >= 4 is 0 Å². The van der Waals surface area contributed by atoms with Gasteiger partial charge in [-0.25, -0.2) is 0 Å². The molecule has 0 amide bonds. The van der Waals surface area contributed by atoms with Gasteiger partial charge in [-0.15, -0.1) is 0 Å². The van der Waals surface area contributed by atoms with Crippen molar-refractivity contribution in [3.63, 3.8) is 0 Å². The molecule has 4 heteroatoms. The summed E-state index contributed by atoms with van der Waals surface area (Å²) in [6.45, 7) is 1.63. The Morgan fingerprint density at radius 1 is 1.00 bits per heavy atom. The number of aromatic hydroxyl groups is 1. The van der Waals surface area contributed by atoms with E-state index in [2.05, 4.69) is 16.0 Å². The number of aromatic nitrogens is 1. The fourth-order valence-electron chi connectivity index (χ4n) is 3.35. The lowest BCUT2D eigenvalue weighted by Crippen LogP contribution is -2.38. The predicted molar refractivity (Wildman–Crippen MR) is 89.9 cm³/mol. The highest BCUT2D eigenvalue weighted by atomic mass is 16.3. The molecule has 23 heavy (non-hydrogen) atoms. The first-order valence-electron chi connectivity index (χ1n) is 8.29. The van der Waals surface area contributed by atoms with Gasteiger partial charge in [0.25, 0.3) is 0 Å². The first kappa shape index (κ1) is 16.0. The Morgan fingerprint density at radius 3 is 2.43 bits per heavy atom. The lowest BCUT2D eigenvalue weighted by atomic mass is 9.91. The number of rotatable bonds is 5. The van der Waals surface area contributed by atoms with E-state index in [4.69, 9.17) is 0 Å². The second-order valence-electron chi connectivity index (χ2n) is 6.40. The average molecular weight is 312 g/mol. The summed E-state index contributed by atoms with van der Waals surface area (Å²) >= 11 is 0. The number of phenols is 1. The van der Waals surface area contributed by atoms with Crippen LogP contribution in [0.2, 0.25) is 0 Å². The first-order chi connectivity index (χ1) is 11.2. The molecule has 0 saturated heterocycles. The molecular weight excluding hydrogens is 288 g/mol. The van der Waals surface area contributed by atoms with Crippen LogP contribution in [0.4, 0.5) is 0 Å². The van der Waals surface area contributed by atoms with Gasteiger partial charge in [-0.2, -0.15) is 0 Å². The van der Waals surface area contributed by atoms with Gasteiger partial charge in [0, 0.05) is 31.5 Å². The molecule has 1 aliphatic rings. The largest absolute Gasteiger partial charge is 0.508 e. The van der Waals surface area contributed by atoms with Crippen LogP contribution in [0.25, 0.3) is 0 Å². The van der Waals surface area contributed by atoms with Gasteiger partial charge in [-0.05, 0) is 55.0 Å². The number of phenolic OH excluding ortho intramolecular Hbond substituents is 1. The van der Waals surface area contributed by atoms with Gasteiger partial charge in [0.1, 0.15) is 5.75 Å². The molecule has 0 unspecified atom stereocenters. The molecule has 0 aliphatic heterocycles. The van der Waals surface area contributed by atoms with Gasteiger partial charge in [0.2, 0.25) is 0 Å². The predicted octanol–water partition coefficient (Wildman–Crippen LogP) is 3.09. The molecule has 4 nitrogen and oxygen atoms in total. The van der Waals surface area contributed by atoms with E-state index >= 15 is 0 Å². The smallest absolute Gasteiger partial charge is 0.115 e. The maximum atomic E-state index is 9.76. The van der Waals surface area contributed by atoms with Gasteiger partial charge in [0.15, 0.2) is 0 Å². The van der Waals surface area contributed by atoms with Crippen LogP contribution in [-0.4, -0.2) is 32.2 Å². The van der Waals surface area contributed by atoms with E-state index < -0.39 is 0 Å². The second-order valence-corrected chi connectivity index (χ2v) is 6.40. The van der Waals surface area contributed by atoms with Crippen LogP contribution >= 0.6 is 0 Å². The Morgan fingerprint density at radius 2 is 1.74 bits per heavy atom. The average Bonchev–Trinajstić information content (AvgIpc) is 2.56. The molecule has 2 N–H and O–H groups in total. The van der Waals surface area contributed by atoms with E-state index in [0.717, 1.165) is 44.3 Å². The van der Waals surface area contributed by atoms with Crippen molar-refractivity contribution in [2.24, 2.45) is 0 Å². The molecule has 1 aromatic carbocycles. The maximum Gasteiger partial charge on any atom is 0.115 e. The third kappa shape index (κ3) is 4.53. The van der Waals surface area contributed by atoms with Crippen LogP contribution in [0.3, 0.4) is 0 Å². The Bertz CT molecular complexity index is 610. The zero-order valence-corrected chi connectivity index (χ0v) is 13.3. The highest BCUT2D eigenvalue weighted by molar-refractivity contribution is 5.27. The topological polar surface area (TPSA) is 56.6 Å². The minimum atomic E-state index is -0.146. The number of nitrogens with zero attached hydrogens (tertiary/aromatic N) is 2. The summed E-state index contributed by atoms with van der Waals surface area (Å²) < 4.78 is 0. The van der Waals surface area contributed by atoms with Gasteiger partial charge in [0.05, 0.1) is 6.10 Å². The Balaban J connectivity index is 1.75. The van der Waals surface area contributed by atoms with Crippen molar-refractivity contribution in [3.05, 3.63) is 59.9 Å². The molecule has 0 spiro atoms. The van der Waals surface area contributed by atoms with Crippen molar-refractivity contribution in [2.75, 3.05) is 0 Å². The fraction of sp³-hybridized carbons (Fsp3) is 0.421. The van der Waals surface area contributed by atoms with Crippen molar-refractivity contribution in [2.45, 2.75) is 50.9 Å². The van der Waals surface area contributed by atoms with E-state index in [0.29, 0.717) is 11.8 Å². The van der Waals surface area contributed by atoms with Crippen molar-refractivity contribution in [3.8, 4) is 5.75 Å². The molecule has 3 rings (SSSR count). The summed E-state index contributed by atoms with van der Waals surface area (Å²) in [6, 6.07) is 12.0. The van der Waals surface area contributed by atoms with Crippen molar-refractivity contribution in [1.29, 1.82) is 0 Å². The second kappa shape index (κ2) is 7.57. The standard InChI is InChI=1S/C19H24N2O2/c22-18-8-6-17(7-9-18)21(14-16-4-2-10-20-12-16)13-15-3-1-5-19(23)11-15/h1-5,10-12,17-18,22-23H,6-9,13-14H2. The molecule has 1 aromatic heterocycles. The SMILES string of the molecule is Oc1cccc(CN(Cc2cccnc2)C2CCC(O)CC2)c1. The third-order valence-corrected chi connectivity index (χ3v) is 4.59. The van der Waals surface area contributed by atoms with Crippen LogP contribution < -0.4 is 0 Å². The third-order valence-electron chi connectivity index (χ3n) is 4.59. The Labute approximate surface area is 137 Å². The lowest BCUT2D eigenvalue weighted by molar-refractivity contribution is 0.0665. The zero-order valence-electron chi connectivity index (χ0n) is 13.3. The van der Waals surface area contributed by atoms with Crippen LogP contribution in [0, 0.1) is 0 Å². The van der Waals surface area contributed by atoms with Gasteiger partial charge < -0.3 is 10.2 Å². The number of hydrogen-bond acceptors (Lipinski definition) is 4. The van der Waals surface area contributed by atoms with Crippen LogP contribution in [0.15, 0.2) is 48.8 Å². The van der Waals surface area contributed by atoms with Crippen LogP contribution in [-0.2, 0) is 13.1 Å². The van der Waals surface area contributed by atoms with E-state index in [-0.39, 0.29) is 6.10 Å². The first-order valence-corrected chi connectivity index (χ1v) is 8.29.